The molecule has 1 aliphatic heterocycles. The van der Waals surface area contributed by atoms with Gasteiger partial charge in [-0.1, -0.05) is 29.3 Å². The number of nitro benzene ring substituents is 1. The third kappa shape index (κ3) is 4.56. The normalized spacial score (nSPS) is 15.7. The minimum Gasteiger partial charge on any atom is -0.419 e. The van der Waals surface area contributed by atoms with Gasteiger partial charge in [-0.2, -0.15) is 4.31 Å². The summed E-state index contributed by atoms with van der Waals surface area (Å²) in [5.74, 6) is -2.79. The molecule has 0 amide bonds. The van der Waals surface area contributed by atoms with Gasteiger partial charge in [0, 0.05) is 25.2 Å². The Morgan fingerprint density at radius 3 is 2.33 bits per heavy atom. The summed E-state index contributed by atoms with van der Waals surface area (Å²) in [4.78, 5) is 22.5. The number of carbonyl (C=O) groups is 1. The minimum atomic E-state index is -3.98. The fraction of sp³-hybridized carbons (Fsp3) is 0.278. The number of rotatable bonds is 5. The molecular weight excluding hydrogens is 462 g/mol. The van der Waals surface area contributed by atoms with Crippen LogP contribution in [0.3, 0.4) is 0 Å². The van der Waals surface area contributed by atoms with Gasteiger partial charge in [0.2, 0.25) is 15.8 Å². The zero-order valence-electron chi connectivity index (χ0n) is 15.3. The fourth-order valence-corrected chi connectivity index (χ4v) is 5.66. The molecule has 0 unspecified atom stereocenters. The number of hydrogen-bond donors (Lipinski definition) is 0. The average Bonchev–Trinajstić information content (AvgIpc) is 2.67. The van der Waals surface area contributed by atoms with Gasteiger partial charge in [0.05, 0.1) is 20.9 Å². The lowest BCUT2D eigenvalue weighted by Gasteiger charge is -2.30. The van der Waals surface area contributed by atoms with Gasteiger partial charge in [-0.15, -0.1) is 0 Å². The number of nitro groups is 1. The Kier molecular flexibility index (Phi) is 6.61. The largest absolute Gasteiger partial charge is 0.419 e. The van der Waals surface area contributed by atoms with E-state index in [0.29, 0.717) is 0 Å². The highest BCUT2D eigenvalue weighted by molar-refractivity contribution is 7.89. The lowest BCUT2D eigenvalue weighted by Crippen LogP contribution is -2.41. The molecule has 0 N–H and O–H groups in total. The van der Waals surface area contributed by atoms with Gasteiger partial charge in [-0.05, 0) is 31.0 Å². The topological polar surface area (TPSA) is 107 Å². The number of benzene rings is 2. The number of sulfonamides is 1. The molecule has 0 aromatic heterocycles. The second-order valence-electron chi connectivity index (χ2n) is 6.52. The summed E-state index contributed by atoms with van der Waals surface area (Å²) in [6.07, 6.45) is 0.229. The zero-order chi connectivity index (χ0) is 22.1. The Hall–Kier alpha value is -2.27. The molecule has 0 bridgehead atoms. The highest BCUT2D eigenvalue weighted by atomic mass is 35.5. The van der Waals surface area contributed by atoms with E-state index in [0.717, 1.165) is 22.5 Å². The molecule has 0 radical (unpaired) electrons. The second kappa shape index (κ2) is 8.84. The molecular formula is C18H15Cl2FN2O6S. The maximum atomic E-state index is 13.4. The number of hydrogen-bond acceptors (Lipinski definition) is 6. The first-order chi connectivity index (χ1) is 14.1. The summed E-state index contributed by atoms with van der Waals surface area (Å²) < 4.78 is 45.4. The Labute approximate surface area is 181 Å². The van der Waals surface area contributed by atoms with Crippen molar-refractivity contribution < 1.29 is 27.3 Å². The molecule has 8 nitrogen and oxygen atoms in total. The van der Waals surface area contributed by atoms with Gasteiger partial charge in [-0.3, -0.25) is 14.9 Å². The van der Waals surface area contributed by atoms with Crippen molar-refractivity contribution in [1.82, 2.24) is 4.31 Å². The highest BCUT2D eigenvalue weighted by Crippen LogP contribution is 2.34. The van der Waals surface area contributed by atoms with Crippen molar-refractivity contribution in [3.05, 3.63) is 62.4 Å². The van der Waals surface area contributed by atoms with E-state index in [1.807, 2.05) is 0 Å². The summed E-state index contributed by atoms with van der Waals surface area (Å²) >= 11 is 12.0. The van der Waals surface area contributed by atoms with Crippen LogP contribution in [0.25, 0.3) is 0 Å². The first-order valence-corrected chi connectivity index (χ1v) is 10.9. The lowest BCUT2D eigenvalue weighted by atomic mass is 9.98. The fourth-order valence-electron chi connectivity index (χ4n) is 3.10. The van der Waals surface area contributed by atoms with Crippen LogP contribution in [0.1, 0.15) is 12.8 Å². The van der Waals surface area contributed by atoms with Crippen molar-refractivity contribution in [3.8, 4) is 5.75 Å². The van der Waals surface area contributed by atoms with Crippen LogP contribution >= 0.6 is 23.2 Å². The van der Waals surface area contributed by atoms with E-state index in [1.54, 1.807) is 0 Å². The van der Waals surface area contributed by atoms with Crippen LogP contribution in [-0.2, 0) is 14.8 Å². The van der Waals surface area contributed by atoms with E-state index in [2.05, 4.69) is 0 Å². The number of ether oxygens (including phenoxy) is 1. The summed E-state index contributed by atoms with van der Waals surface area (Å²) in [7, 11) is -3.98. The van der Waals surface area contributed by atoms with Crippen molar-refractivity contribution in [2.75, 3.05) is 13.1 Å². The standard InChI is InChI=1S/C18H15Cl2FN2O6S/c19-13-2-1-3-14(20)17(13)30(27,28)22-8-6-11(7-9-22)18(24)29-16-10-12(21)4-5-15(16)23(25)26/h1-5,10-11H,6-9H2. The van der Waals surface area contributed by atoms with Crippen LogP contribution in [0, 0.1) is 21.8 Å². The van der Waals surface area contributed by atoms with Crippen molar-refractivity contribution in [2.45, 2.75) is 17.7 Å². The van der Waals surface area contributed by atoms with Crippen LogP contribution in [0.2, 0.25) is 10.0 Å². The van der Waals surface area contributed by atoms with E-state index in [4.69, 9.17) is 27.9 Å². The van der Waals surface area contributed by atoms with E-state index < -0.39 is 44.1 Å². The van der Waals surface area contributed by atoms with Crippen LogP contribution < -0.4 is 4.74 Å². The van der Waals surface area contributed by atoms with Crippen molar-refractivity contribution >= 4 is 44.9 Å². The van der Waals surface area contributed by atoms with E-state index in [1.165, 1.54) is 18.2 Å². The number of esters is 1. The number of halogens is 3. The number of nitrogens with zero attached hydrogens (tertiary/aromatic N) is 2. The van der Waals surface area contributed by atoms with Gasteiger partial charge in [-0.25, -0.2) is 12.8 Å². The van der Waals surface area contributed by atoms with E-state index >= 15 is 0 Å². The molecule has 0 aliphatic carbocycles. The maximum absolute atomic E-state index is 13.4. The molecule has 1 fully saturated rings. The Bertz CT molecular complexity index is 1080. The van der Waals surface area contributed by atoms with Crippen molar-refractivity contribution in [2.24, 2.45) is 5.92 Å². The predicted octanol–water partition coefficient (Wildman–Crippen LogP) is 4.05. The van der Waals surface area contributed by atoms with Crippen LogP contribution in [-0.4, -0.2) is 36.7 Å². The van der Waals surface area contributed by atoms with Crippen LogP contribution in [0.5, 0.6) is 5.75 Å². The van der Waals surface area contributed by atoms with Gasteiger partial charge >= 0.3 is 11.7 Å². The van der Waals surface area contributed by atoms with Gasteiger partial charge < -0.3 is 4.74 Å². The predicted molar refractivity (Wildman–Crippen MR) is 107 cm³/mol. The molecule has 0 atom stereocenters. The molecule has 1 aliphatic rings. The third-order valence-corrected chi connectivity index (χ3v) is 7.49. The van der Waals surface area contributed by atoms with Gasteiger partial charge in [0.25, 0.3) is 0 Å². The van der Waals surface area contributed by atoms with E-state index in [9.17, 15) is 27.7 Å². The average molecular weight is 477 g/mol. The SMILES string of the molecule is O=C(Oc1cc(F)ccc1[N+](=O)[O-])C1CCN(S(=O)(=O)c2c(Cl)cccc2Cl)CC1. The first kappa shape index (κ1) is 22.4. The smallest absolute Gasteiger partial charge is 0.314 e. The summed E-state index contributed by atoms with van der Waals surface area (Å²) in [6.45, 7) is -0.0101. The molecule has 1 heterocycles. The summed E-state index contributed by atoms with van der Waals surface area (Å²) in [5.41, 5.74) is -0.543. The molecule has 1 saturated heterocycles. The summed E-state index contributed by atoms with van der Waals surface area (Å²) in [5, 5.41) is 11.0. The van der Waals surface area contributed by atoms with Crippen molar-refractivity contribution in [3.63, 3.8) is 0 Å². The number of piperidine rings is 1. The molecule has 2 aromatic carbocycles. The van der Waals surface area contributed by atoms with Crippen LogP contribution in [0.4, 0.5) is 10.1 Å². The Balaban J connectivity index is 1.71. The first-order valence-electron chi connectivity index (χ1n) is 8.71. The number of carbonyl (C=O) groups excluding carboxylic acids is 1. The zero-order valence-corrected chi connectivity index (χ0v) is 17.6. The molecule has 30 heavy (non-hydrogen) atoms. The van der Waals surface area contributed by atoms with Crippen LogP contribution in [0.15, 0.2) is 41.3 Å². The quantitative estimate of drug-likeness (QED) is 0.279. The van der Waals surface area contributed by atoms with Gasteiger partial charge in [0.1, 0.15) is 10.7 Å². The molecule has 160 valence electrons. The minimum absolute atomic E-state index is 0.00506. The molecule has 2 aromatic rings. The third-order valence-electron chi connectivity index (χ3n) is 4.63. The Morgan fingerprint density at radius 1 is 1.17 bits per heavy atom. The summed E-state index contributed by atoms with van der Waals surface area (Å²) in [6, 6.07) is 6.90. The monoisotopic (exact) mass is 476 g/mol. The van der Waals surface area contributed by atoms with Crippen molar-refractivity contribution in [1.29, 1.82) is 0 Å². The molecule has 0 spiro atoms. The lowest BCUT2D eigenvalue weighted by molar-refractivity contribution is -0.385. The second-order valence-corrected chi connectivity index (χ2v) is 9.21. The Morgan fingerprint density at radius 2 is 1.77 bits per heavy atom. The molecule has 0 saturated carbocycles. The molecule has 12 heteroatoms. The molecule has 3 rings (SSSR count). The van der Waals surface area contributed by atoms with E-state index in [-0.39, 0.29) is 40.9 Å². The highest BCUT2D eigenvalue weighted by Gasteiger charge is 2.35. The maximum Gasteiger partial charge on any atom is 0.314 e. The van der Waals surface area contributed by atoms with Gasteiger partial charge in [0.15, 0.2) is 0 Å².